The van der Waals surface area contributed by atoms with Crippen LogP contribution in [0.2, 0.25) is 0 Å². The first-order valence-electron chi connectivity index (χ1n) is 10.4. The van der Waals surface area contributed by atoms with E-state index >= 15 is 0 Å². The van der Waals surface area contributed by atoms with Gasteiger partial charge in [-0.1, -0.05) is 30.3 Å². The first-order valence-corrected chi connectivity index (χ1v) is 11.3. The second kappa shape index (κ2) is 8.56. The number of hydrogen-bond donors (Lipinski definition) is 0. The topological polar surface area (TPSA) is 69.6 Å². The smallest absolute Gasteiger partial charge is 0.282 e. The lowest BCUT2D eigenvalue weighted by Crippen LogP contribution is -2.52. The fourth-order valence-corrected chi connectivity index (χ4v) is 4.89. The lowest BCUT2D eigenvalue weighted by molar-refractivity contribution is -0.117. The second-order valence-corrected chi connectivity index (χ2v) is 8.69. The summed E-state index contributed by atoms with van der Waals surface area (Å²) in [6.07, 6.45) is 3.91. The van der Waals surface area contributed by atoms with Gasteiger partial charge in [-0.25, -0.2) is 9.97 Å². The number of thiazole rings is 1. The first-order chi connectivity index (χ1) is 15.2. The van der Waals surface area contributed by atoms with Crippen molar-refractivity contribution in [2.75, 3.05) is 37.6 Å². The molecular formula is C23H23N5O2S. The maximum absolute atomic E-state index is 12.8. The summed E-state index contributed by atoms with van der Waals surface area (Å²) in [4.78, 5) is 39.9. The van der Waals surface area contributed by atoms with E-state index in [1.807, 2.05) is 40.6 Å². The monoisotopic (exact) mass is 433 g/mol. The highest BCUT2D eigenvalue weighted by Gasteiger charge is 2.37. The molecule has 1 aromatic carbocycles. The predicted molar refractivity (Wildman–Crippen MR) is 120 cm³/mol. The summed E-state index contributed by atoms with van der Waals surface area (Å²) in [6, 6.07) is 14.2. The molecule has 31 heavy (non-hydrogen) atoms. The van der Waals surface area contributed by atoms with Gasteiger partial charge in [0.25, 0.3) is 5.91 Å². The summed E-state index contributed by atoms with van der Waals surface area (Å²) in [5.74, 6) is 0.802. The van der Waals surface area contributed by atoms with Crippen LogP contribution in [0.15, 0.2) is 60.2 Å². The Bertz CT molecular complexity index is 1060. The minimum Gasteiger partial charge on any atom is -0.334 e. The van der Waals surface area contributed by atoms with Gasteiger partial charge in [-0.15, -0.1) is 11.3 Å². The molecule has 2 amide bonds. The number of nitrogens with zero attached hydrogens (tertiary/aromatic N) is 5. The number of benzene rings is 1. The average molecular weight is 434 g/mol. The van der Waals surface area contributed by atoms with E-state index in [0.29, 0.717) is 36.9 Å². The number of aromatic nitrogens is 2. The first kappa shape index (κ1) is 19.8. The van der Waals surface area contributed by atoms with Gasteiger partial charge in [-0.3, -0.25) is 19.4 Å². The number of piperazine rings is 1. The van der Waals surface area contributed by atoms with Crippen molar-refractivity contribution in [3.05, 3.63) is 65.2 Å². The van der Waals surface area contributed by atoms with Crippen LogP contribution in [-0.2, 0) is 4.79 Å². The van der Waals surface area contributed by atoms with E-state index in [9.17, 15) is 9.59 Å². The molecule has 0 bridgehead atoms. The summed E-state index contributed by atoms with van der Waals surface area (Å²) in [5, 5.41) is 2.36. The number of hydrogen-bond acceptors (Lipinski definition) is 6. The largest absolute Gasteiger partial charge is 0.334 e. The van der Waals surface area contributed by atoms with E-state index in [1.54, 1.807) is 17.3 Å². The van der Waals surface area contributed by atoms with Gasteiger partial charge in [0, 0.05) is 63.0 Å². The minimum atomic E-state index is 0.000650. The molecule has 158 valence electrons. The molecule has 2 aliphatic heterocycles. The molecule has 4 heterocycles. The SMILES string of the molecule is O=C(c1nccs1)N1CCN(C2CC(=O)N(c3cc(-c4ccccc4)ccn3)C2)CC1. The molecule has 0 spiro atoms. The number of carbonyl (C=O) groups is 2. The van der Waals surface area contributed by atoms with Crippen molar-refractivity contribution >= 4 is 29.0 Å². The van der Waals surface area contributed by atoms with Crippen LogP contribution in [0.3, 0.4) is 0 Å². The van der Waals surface area contributed by atoms with Crippen molar-refractivity contribution in [2.45, 2.75) is 12.5 Å². The third-order valence-corrected chi connectivity index (χ3v) is 6.73. The molecule has 5 rings (SSSR count). The van der Waals surface area contributed by atoms with Crippen LogP contribution in [0.1, 0.15) is 16.2 Å². The highest BCUT2D eigenvalue weighted by Crippen LogP contribution is 2.27. The van der Waals surface area contributed by atoms with Gasteiger partial charge in [0.2, 0.25) is 5.91 Å². The van der Waals surface area contributed by atoms with E-state index < -0.39 is 0 Å². The third kappa shape index (κ3) is 4.08. The van der Waals surface area contributed by atoms with Crippen LogP contribution < -0.4 is 4.90 Å². The molecular weight excluding hydrogens is 410 g/mol. The van der Waals surface area contributed by atoms with Gasteiger partial charge in [0.15, 0.2) is 5.01 Å². The molecule has 2 saturated heterocycles. The van der Waals surface area contributed by atoms with Crippen LogP contribution in [-0.4, -0.2) is 70.3 Å². The second-order valence-electron chi connectivity index (χ2n) is 7.80. The highest BCUT2D eigenvalue weighted by atomic mass is 32.1. The van der Waals surface area contributed by atoms with Crippen LogP contribution in [0.5, 0.6) is 0 Å². The molecule has 1 unspecified atom stereocenters. The van der Waals surface area contributed by atoms with Crippen molar-refractivity contribution in [1.82, 2.24) is 19.8 Å². The van der Waals surface area contributed by atoms with E-state index in [0.717, 1.165) is 24.2 Å². The van der Waals surface area contributed by atoms with Crippen LogP contribution >= 0.6 is 11.3 Å². The van der Waals surface area contributed by atoms with Crippen molar-refractivity contribution in [3.8, 4) is 11.1 Å². The molecule has 0 N–H and O–H groups in total. The van der Waals surface area contributed by atoms with Gasteiger partial charge in [0.1, 0.15) is 5.82 Å². The Morgan fingerprint density at radius 2 is 1.77 bits per heavy atom. The van der Waals surface area contributed by atoms with Gasteiger partial charge in [-0.05, 0) is 23.3 Å². The molecule has 7 nitrogen and oxygen atoms in total. The average Bonchev–Trinajstić information content (AvgIpc) is 3.50. The van der Waals surface area contributed by atoms with Gasteiger partial charge in [0.05, 0.1) is 0 Å². The molecule has 0 radical (unpaired) electrons. The molecule has 8 heteroatoms. The minimum absolute atomic E-state index is 0.000650. The Kier molecular flexibility index (Phi) is 5.48. The number of amides is 2. The number of pyridine rings is 1. The zero-order chi connectivity index (χ0) is 21.2. The Balaban J connectivity index is 1.24. The standard InChI is InChI=1S/C23H23N5O2S/c29-21-15-19(26-9-11-27(12-10-26)23(30)22-25-8-13-31-22)16-28(21)20-14-18(6-7-24-20)17-4-2-1-3-5-17/h1-8,13-14,19H,9-12,15-16H2. The molecule has 3 aromatic rings. The molecule has 0 aliphatic carbocycles. The van der Waals surface area contributed by atoms with Crippen molar-refractivity contribution in [2.24, 2.45) is 0 Å². The Hall–Kier alpha value is -3.10. The zero-order valence-corrected chi connectivity index (χ0v) is 17.9. The summed E-state index contributed by atoms with van der Waals surface area (Å²) in [7, 11) is 0. The van der Waals surface area contributed by atoms with Crippen LogP contribution in [0, 0.1) is 0 Å². The van der Waals surface area contributed by atoms with Crippen molar-refractivity contribution < 1.29 is 9.59 Å². The fraction of sp³-hybridized carbons (Fsp3) is 0.304. The van der Waals surface area contributed by atoms with Gasteiger partial charge in [-0.2, -0.15) is 0 Å². The Morgan fingerprint density at radius 1 is 0.968 bits per heavy atom. The molecule has 2 fully saturated rings. The molecule has 0 saturated carbocycles. The Labute approximate surface area is 185 Å². The lowest BCUT2D eigenvalue weighted by atomic mass is 10.1. The van der Waals surface area contributed by atoms with Crippen LogP contribution in [0.25, 0.3) is 11.1 Å². The fourth-order valence-electron chi connectivity index (χ4n) is 4.29. The highest BCUT2D eigenvalue weighted by molar-refractivity contribution is 7.11. The van der Waals surface area contributed by atoms with E-state index in [-0.39, 0.29) is 17.9 Å². The number of anilines is 1. The number of rotatable bonds is 4. The van der Waals surface area contributed by atoms with Crippen molar-refractivity contribution in [1.29, 1.82) is 0 Å². The summed E-state index contributed by atoms with van der Waals surface area (Å²) in [6.45, 7) is 3.47. The maximum Gasteiger partial charge on any atom is 0.282 e. The lowest BCUT2D eigenvalue weighted by Gasteiger charge is -2.37. The molecule has 1 atom stereocenters. The predicted octanol–water partition coefficient (Wildman–Crippen LogP) is 2.77. The molecule has 2 aromatic heterocycles. The van der Waals surface area contributed by atoms with E-state index in [1.165, 1.54) is 11.3 Å². The molecule has 2 aliphatic rings. The Morgan fingerprint density at radius 3 is 2.52 bits per heavy atom. The van der Waals surface area contributed by atoms with E-state index in [4.69, 9.17) is 0 Å². The number of carbonyl (C=O) groups excluding carboxylic acids is 2. The summed E-state index contributed by atoms with van der Waals surface area (Å²) in [5.41, 5.74) is 2.16. The van der Waals surface area contributed by atoms with E-state index in [2.05, 4.69) is 27.0 Å². The quantitative estimate of drug-likeness (QED) is 0.633. The third-order valence-electron chi connectivity index (χ3n) is 5.97. The summed E-state index contributed by atoms with van der Waals surface area (Å²) < 4.78 is 0. The zero-order valence-electron chi connectivity index (χ0n) is 17.1. The normalized spacial score (nSPS) is 19.7. The maximum atomic E-state index is 12.8. The van der Waals surface area contributed by atoms with Gasteiger partial charge >= 0.3 is 0 Å². The summed E-state index contributed by atoms with van der Waals surface area (Å²) >= 11 is 1.37. The van der Waals surface area contributed by atoms with Crippen LogP contribution in [0.4, 0.5) is 5.82 Å². The van der Waals surface area contributed by atoms with Gasteiger partial charge < -0.3 is 4.90 Å². The van der Waals surface area contributed by atoms with Crippen molar-refractivity contribution in [3.63, 3.8) is 0 Å².